The number of primary sulfonamides is 1. The lowest BCUT2D eigenvalue weighted by atomic mass is 10.1. The molecule has 2 rings (SSSR count). The zero-order chi connectivity index (χ0) is 16.5. The van der Waals surface area contributed by atoms with E-state index in [9.17, 15) is 13.2 Å². The Morgan fingerprint density at radius 1 is 0.955 bits per heavy atom. The SMILES string of the molecule is Cc1ccc(C(=O)Nc2cc(S(N)(=O)=O)ccc2C)cc1C. The lowest BCUT2D eigenvalue weighted by Gasteiger charge is -2.11. The van der Waals surface area contributed by atoms with Crippen LogP contribution in [-0.2, 0) is 10.0 Å². The molecule has 116 valence electrons. The van der Waals surface area contributed by atoms with Crippen LogP contribution in [0, 0.1) is 20.8 Å². The maximum Gasteiger partial charge on any atom is 0.255 e. The van der Waals surface area contributed by atoms with Gasteiger partial charge in [-0.05, 0) is 61.7 Å². The molecule has 6 heteroatoms. The van der Waals surface area contributed by atoms with E-state index in [0.29, 0.717) is 11.3 Å². The molecule has 0 aliphatic heterocycles. The van der Waals surface area contributed by atoms with Gasteiger partial charge in [0.25, 0.3) is 5.91 Å². The van der Waals surface area contributed by atoms with Crippen molar-refractivity contribution < 1.29 is 13.2 Å². The van der Waals surface area contributed by atoms with E-state index in [-0.39, 0.29) is 10.8 Å². The largest absolute Gasteiger partial charge is 0.322 e. The van der Waals surface area contributed by atoms with Gasteiger partial charge in [-0.3, -0.25) is 4.79 Å². The summed E-state index contributed by atoms with van der Waals surface area (Å²) in [6.45, 7) is 5.68. The van der Waals surface area contributed by atoms with Crippen molar-refractivity contribution in [2.24, 2.45) is 5.14 Å². The van der Waals surface area contributed by atoms with Crippen LogP contribution >= 0.6 is 0 Å². The van der Waals surface area contributed by atoms with Crippen LogP contribution in [0.5, 0.6) is 0 Å². The van der Waals surface area contributed by atoms with Crippen molar-refractivity contribution in [2.75, 3.05) is 5.32 Å². The van der Waals surface area contributed by atoms with E-state index in [1.165, 1.54) is 12.1 Å². The number of carbonyl (C=O) groups excluding carboxylic acids is 1. The number of sulfonamides is 1. The van der Waals surface area contributed by atoms with Crippen molar-refractivity contribution in [3.8, 4) is 0 Å². The monoisotopic (exact) mass is 318 g/mol. The normalized spacial score (nSPS) is 11.3. The number of amides is 1. The summed E-state index contributed by atoms with van der Waals surface area (Å²) in [7, 11) is -3.81. The zero-order valence-electron chi connectivity index (χ0n) is 12.7. The highest BCUT2D eigenvalue weighted by molar-refractivity contribution is 7.89. The molecule has 1 amide bonds. The van der Waals surface area contributed by atoms with Gasteiger partial charge in [-0.15, -0.1) is 0 Å². The number of hydrogen-bond donors (Lipinski definition) is 2. The molecule has 5 nitrogen and oxygen atoms in total. The Morgan fingerprint density at radius 2 is 1.59 bits per heavy atom. The lowest BCUT2D eigenvalue weighted by molar-refractivity contribution is 0.102. The molecule has 2 aromatic rings. The summed E-state index contributed by atoms with van der Waals surface area (Å²) in [5.74, 6) is -0.294. The molecule has 2 aromatic carbocycles. The number of nitrogens with one attached hydrogen (secondary N) is 1. The van der Waals surface area contributed by atoms with Crippen molar-refractivity contribution in [2.45, 2.75) is 25.7 Å². The summed E-state index contributed by atoms with van der Waals surface area (Å²) in [6.07, 6.45) is 0. The summed E-state index contributed by atoms with van der Waals surface area (Å²) in [6, 6.07) is 9.79. The van der Waals surface area contributed by atoms with E-state index in [2.05, 4.69) is 5.32 Å². The van der Waals surface area contributed by atoms with Crippen LogP contribution in [0.15, 0.2) is 41.3 Å². The molecular weight excluding hydrogens is 300 g/mol. The highest BCUT2D eigenvalue weighted by Crippen LogP contribution is 2.20. The predicted molar refractivity (Wildman–Crippen MR) is 86.4 cm³/mol. The van der Waals surface area contributed by atoms with Gasteiger partial charge in [-0.25, -0.2) is 13.6 Å². The van der Waals surface area contributed by atoms with Gasteiger partial charge in [0.2, 0.25) is 10.0 Å². The summed E-state index contributed by atoms with van der Waals surface area (Å²) in [5, 5.41) is 7.84. The molecule has 0 aromatic heterocycles. The van der Waals surface area contributed by atoms with Crippen molar-refractivity contribution in [3.05, 3.63) is 58.7 Å². The molecule has 22 heavy (non-hydrogen) atoms. The smallest absolute Gasteiger partial charge is 0.255 e. The van der Waals surface area contributed by atoms with E-state index in [1.807, 2.05) is 19.9 Å². The minimum absolute atomic E-state index is 0.0338. The van der Waals surface area contributed by atoms with Crippen molar-refractivity contribution >= 4 is 21.6 Å². The third-order valence-electron chi connectivity index (χ3n) is 3.55. The Kier molecular flexibility index (Phi) is 4.35. The van der Waals surface area contributed by atoms with E-state index in [1.54, 1.807) is 25.1 Å². The number of carbonyl (C=O) groups is 1. The van der Waals surface area contributed by atoms with Crippen LogP contribution in [0.2, 0.25) is 0 Å². The topological polar surface area (TPSA) is 89.3 Å². The maximum absolute atomic E-state index is 12.3. The van der Waals surface area contributed by atoms with Crippen LogP contribution in [0.3, 0.4) is 0 Å². The molecule has 0 bridgehead atoms. The standard InChI is InChI=1S/C16H18N2O3S/c1-10-4-6-13(8-12(10)3)16(19)18-15-9-14(22(17,20)21)7-5-11(15)2/h4-9H,1-3H3,(H,18,19)(H2,17,20,21). The Morgan fingerprint density at radius 3 is 2.18 bits per heavy atom. The minimum Gasteiger partial charge on any atom is -0.322 e. The molecular formula is C16H18N2O3S. The van der Waals surface area contributed by atoms with Gasteiger partial charge in [0.05, 0.1) is 4.90 Å². The quantitative estimate of drug-likeness (QED) is 0.911. The van der Waals surface area contributed by atoms with E-state index >= 15 is 0 Å². The van der Waals surface area contributed by atoms with Gasteiger partial charge < -0.3 is 5.32 Å². The first-order chi connectivity index (χ1) is 10.2. The van der Waals surface area contributed by atoms with Crippen molar-refractivity contribution in [1.29, 1.82) is 0 Å². The van der Waals surface area contributed by atoms with Gasteiger partial charge in [-0.1, -0.05) is 12.1 Å². The molecule has 0 fully saturated rings. The molecule has 0 saturated carbocycles. The van der Waals surface area contributed by atoms with E-state index in [4.69, 9.17) is 5.14 Å². The van der Waals surface area contributed by atoms with Crippen LogP contribution in [-0.4, -0.2) is 14.3 Å². The molecule has 0 heterocycles. The summed E-state index contributed by atoms with van der Waals surface area (Å²) in [5.41, 5.74) is 3.81. The predicted octanol–water partition coefficient (Wildman–Crippen LogP) is 2.51. The van der Waals surface area contributed by atoms with Gasteiger partial charge in [0.15, 0.2) is 0 Å². The Bertz CT molecular complexity index is 842. The summed E-state index contributed by atoms with van der Waals surface area (Å²) < 4.78 is 22.8. The van der Waals surface area contributed by atoms with Crippen molar-refractivity contribution in [1.82, 2.24) is 0 Å². The fourth-order valence-corrected chi connectivity index (χ4v) is 2.53. The number of anilines is 1. The molecule has 0 unspecified atom stereocenters. The Hall–Kier alpha value is -2.18. The third-order valence-corrected chi connectivity index (χ3v) is 4.47. The first kappa shape index (κ1) is 16.2. The van der Waals surface area contributed by atoms with Gasteiger partial charge in [0.1, 0.15) is 0 Å². The Balaban J connectivity index is 2.33. The Labute approximate surface area is 130 Å². The maximum atomic E-state index is 12.3. The van der Waals surface area contributed by atoms with Gasteiger partial charge >= 0.3 is 0 Å². The highest BCUT2D eigenvalue weighted by atomic mass is 32.2. The molecule has 0 saturated heterocycles. The summed E-state index contributed by atoms with van der Waals surface area (Å²) in [4.78, 5) is 12.3. The summed E-state index contributed by atoms with van der Waals surface area (Å²) >= 11 is 0. The second-order valence-electron chi connectivity index (χ2n) is 5.27. The number of benzene rings is 2. The number of hydrogen-bond acceptors (Lipinski definition) is 3. The van der Waals surface area contributed by atoms with Crippen LogP contribution < -0.4 is 10.5 Å². The van der Waals surface area contributed by atoms with Crippen LogP contribution in [0.1, 0.15) is 27.0 Å². The number of aryl methyl sites for hydroxylation is 3. The first-order valence-corrected chi connectivity index (χ1v) is 8.25. The molecule has 0 spiro atoms. The van der Waals surface area contributed by atoms with Crippen LogP contribution in [0.25, 0.3) is 0 Å². The molecule has 0 aliphatic carbocycles. The first-order valence-electron chi connectivity index (χ1n) is 6.70. The highest BCUT2D eigenvalue weighted by Gasteiger charge is 2.13. The number of rotatable bonds is 3. The van der Waals surface area contributed by atoms with Gasteiger partial charge in [0, 0.05) is 11.3 Å². The molecule has 3 N–H and O–H groups in total. The van der Waals surface area contributed by atoms with Crippen molar-refractivity contribution in [3.63, 3.8) is 0 Å². The average Bonchev–Trinajstić information content (AvgIpc) is 2.43. The third kappa shape index (κ3) is 3.52. The van der Waals surface area contributed by atoms with Crippen LogP contribution in [0.4, 0.5) is 5.69 Å². The minimum atomic E-state index is -3.81. The van der Waals surface area contributed by atoms with E-state index in [0.717, 1.165) is 16.7 Å². The fourth-order valence-electron chi connectivity index (χ4n) is 1.99. The van der Waals surface area contributed by atoms with Gasteiger partial charge in [-0.2, -0.15) is 0 Å². The average molecular weight is 318 g/mol. The fraction of sp³-hybridized carbons (Fsp3) is 0.188. The van der Waals surface area contributed by atoms with E-state index < -0.39 is 10.0 Å². The number of nitrogens with two attached hydrogens (primary N) is 1. The second kappa shape index (κ2) is 5.90. The lowest BCUT2D eigenvalue weighted by Crippen LogP contribution is -2.16. The molecule has 0 atom stereocenters. The second-order valence-corrected chi connectivity index (χ2v) is 6.84. The zero-order valence-corrected chi connectivity index (χ0v) is 13.5. The molecule has 0 aliphatic rings. The molecule has 0 radical (unpaired) electrons.